The van der Waals surface area contributed by atoms with Gasteiger partial charge in [0.05, 0.1) is 26.2 Å². The number of hydrogen-bond acceptors (Lipinski definition) is 6. The van der Waals surface area contributed by atoms with Gasteiger partial charge in [-0.25, -0.2) is 8.42 Å². The van der Waals surface area contributed by atoms with E-state index < -0.39 is 14.4 Å². The summed E-state index contributed by atoms with van der Waals surface area (Å²) in [6.45, 7) is 1.93. The minimum Gasteiger partial charge on any atom is -0.493 e. The van der Waals surface area contributed by atoms with E-state index in [9.17, 15) is 8.42 Å². The third kappa shape index (κ3) is 4.27. The molecule has 0 aliphatic heterocycles. The molecule has 0 heterocycles. The number of benzene rings is 2. The second-order valence-electron chi connectivity index (χ2n) is 5.76. The van der Waals surface area contributed by atoms with Crippen LogP contribution in [0, 0.1) is 6.92 Å². The zero-order valence-electron chi connectivity index (χ0n) is 15.6. The minimum atomic E-state index is -3.47. The lowest BCUT2D eigenvalue weighted by Crippen LogP contribution is -2.20. The monoisotopic (exact) mass is 396 g/mol. The van der Waals surface area contributed by atoms with Crippen molar-refractivity contribution in [1.82, 2.24) is 0 Å². The highest BCUT2D eigenvalue weighted by Crippen LogP contribution is 2.39. The Balaban J connectivity index is 2.39. The van der Waals surface area contributed by atoms with Crippen molar-refractivity contribution in [3.8, 4) is 17.2 Å². The zero-order chi connectivity index (χ0) is 19.3. The first-order valence-corrected chi connectivity index (χ1v) is 10.8. The minimum absolute atomic E-state index is 0.327. The quantitative estimate of drug-likeness (QED) is 0.678. The van der Waals surface area contributed by atoms with Crippen molar-refractivity contribution in [2.24, 2.45) is 0 Å². The molecule has 0 amide bonds. The zero-order valence-corrected chi connectivity index (χ0v) is 17.2. The summed E-state index contributed by atoms with van der Waals surface area (Å²) in [5.74, 6) is 1.50. The van der Waals surface area contributed by atoms with Gasteiger partial charge in [0.25, 0.3) is 0 Å². The van der Waals surface area contributed by atoms with E-state index in [1.165, 1.54) is 33.1 Å². The van der Waals surface area contributed by atoms with Crippen LogP contribution in [0.1, 0.15) is 11.1 Å². The number of ether oxygens (including phenoxy) is 3. The molecule has 0 saturated heterocycles. The molecule has 7 heteroatoms. The van der Waals surface area contributed by atoms with E-state index in [4.69, 9.17) is 14.2 Å². The maximum absolute atomic E-state index is 13.0. The normalized spacial score (nSPS) is 12.5. The van der Waals surface area contributed by atoms with Gasteiger partial charge in [-0.1, -0.05) is 17.7 Å². The highest BCUT2D eigenvalue weighted by atomic mass is 32.3. The lowest BCUT2D eigenvalue weighted by Gasteiger charge is -2.18. The third-order valence-corrected chi connectivity index (χ3v) is 7.90. The van der Waals surface area contributed by atoms with Crippen LogP contribution in [-0.4, -0.2) is 40.6 Å². The molecule has 1 unspecified atom stereocenters. The number of rotatable bonds is 8. The predicted molar refractivity (Wildman–Crippen MR) is 105 cm³/mol. The molecule has 0 radical (unpaired) electrons. The predicted octanol–water partition coefficient (Wildman–Crippen LogP) is 3.73. The summed E-state index contributed by atoms with van der Waals surface area (Å²) in [5.41, 5.74) is 1.82. The average Bonchev–Trinajstić information content (AvgIpc) is 2.65. The standard InChI is InChI=1S/C19H24O5S2/c1-13-6-8-15(9-7-13)26(20,21)18(25-5)12-14-10-16(22-2)19(24-4)17(11-14)23-3/h6-11,18H,12H2,1-5H3. The van der Waals surface area contributed by atoms with Gasteiger partial charge in [-0.2, -0.15) is 0 Å². The van der Waals surface area contributed by atoms with E-state index in [2.05, 4.69) is 0 Å². The van der Waals surface area contributed by atoms with Crippen LogP contribution < -0.4 is 14.2 Å². The summed E-state index contributed by atoms with van der Waals surface area (Å²) in [5, 5.41) is 0. The van der Waals surface area contributed by atoms with Gasteiger partial charge in [0.1, 0.15) is 4.58 Å². The summed E-state index contributed by atoms with van der Waals surface area (Å²) < 4.78 is 41.4. The summed E-state index contributed by atoms with van der Waals surface area (Å²) in [7, 11) is 1.14. The lowest BCUT2D eigenvalue weighted by atomic mass is 10.1. The van der Waals surface area contributed by atoms with Crippen molar-refractivity contribution < 1.29 is 22.6 Å². The fourth-order valence-corrected chi connectivity index (χ4v) is 5.58. The second-order valence-corrected chi connectivity index (χ2v) is 9.23. The van der Waals surface area contributed by atoms with E-state index in [-0.39, 0.29) is 0 Å². The molecule has 0 aliphatic carbocycles. The fraction of sp³-hybridized carbons (Fsp3) is 0.368. The average molecular weight is 397 g/mol. The largest absolute Gasteiger partial charge is 0.493 e. The molecule has 0 saturated carbocycles. The summed E-state index contributed by atoms with van der Waals surface area (Å²) in [4.78, 5) is 0.329. The van der Waals surface area contributed by atoms with Crippen LogP contribution in [-0.2, 0) is 16.3 Å². The van der Waals surface area contributed by atoms with Crippen molar-refractivity contribution >= 4 is 21.6 Å². The van der Waals surface area contributed by atoms with Crippen LogP contribution in [0.2, 0.25) is 0 Å². The molecule has 0 N–H and O–H groups in total. The molecule has 2 aromatic carbocycles. The maximum atomic E-state index is 13.0. The molecule has 26 heavy (non-hydrogen) atoms. The van der Waals surface area contributed by atoms with Gasteiger partial charge in [0, 0.05) is 0 Å². The van der Waals surface area contributed by atoms with Crippen LogP contribution in [0.15, 0.2) is 41.3 Å². The first-order chi connectivity index (χ1) is 12.4. The van der Waals surface area contributed by atoms with Crippen molar-refractivity contribution in [3.05, 3.63) is 47.5 Å². The lowest BCUT2D eigenvalue weighted by molar-refractivity contribution is 0.324. The molecule has 0 fully saturated rings. The van der Waals surface area contributed by atoms with Crippen LogP contribution in [0.25, 0.3) is 0 Å². The van der Waals surface area contributed by atoms with E-state index in [1.807, 2.05) is 19.1 Å². The molecular formula is C19H24O5S2. The van der Waals surface area contributed by atoms with Gasteiger partial charge in [-0.3, -0.25) is 0 Å². The highest BCUT2D eigenvalue weighted by molar-refractivity contribution is 8.13. The third-order valence-electron chi connectivity index (χ3n) is 4.09. The van der Waals surface area contributed by atoms with Gasteiger partial charge < -0.3 is 14.2 Å². The van der Waals surface area contributed by atoms with Crippen LogP contribution in [0.4, 0.5) is 0 Å². The summed E-state index contributed by atoms with van der Waals surface area (Å²) >= 11 is 1.31. The number of thioether (sulfide) groups is 1. The van der Waals surface area contributed by atoms with Crippen LogP contribution in [0.5, 0.6) is 17.2 Å². The first kappa shape index (κ1) is 20.5. The van der Waals surface area contributed by atoms with Crippen LogP contribution >= 0.6 is 11.8 Å². The van der Waals surface area contributed by atoms with Gasteiger partial charge in [-0.15, -0.1) is 11.8 Å². The fourth-order valence-electron chi connectivity index (χ4n) is 2.65. The Morgan fingerprint density at radius 1 is 0.962 bits per heavy atom. The van der Waals surface area contributed by atoms with E-state index >= 15 is 0 Å². The van der Waals surface area contributed by atoms with Gasteiger partial charge >= 0.3 is 0 Å². The highest BCUT2D eigenvalue weighted by Gasteiger charge is 2.28. The Morgan fingerprint density at radius 2 is 1.50 bits per heavy atom. The Hall–Kier alpha value is -1.86. The molecule has 0 aromatic heterocycles. The molecule has 0 aliphatic rings. The number of hydrogen-bond donors (Lipinski definition) is 0. The molecule has 5 nitrogen and oxygen atoms in total. The molecule has 2 rings (SSSR count). The molecule has 0 spiro atoms. The van der Waals surface area contributed by atoms with Crippen molar-refractivity contribution in [3.63, 3.8) is 0 Å². The van der Waals surface area contributed by atoms with E-state index in [1.54, 1.807) is 30.5 Å². The Labute approximate surface area is 159 Å². The Kier molecular flexibility index (Phi) is 6.83. The number of sulfone groups is 1. The number of aryl methyl sites for hydroxylation is 1. The number of methoxy groups -OCH3 is 3. The molecule has 142 valence electrons. The second kappa shape index (κ2) is 8.68. The molecule has 1 atom stereocenters. The van der Waals surface area contributed by atoms with Crippen molar-refractivity contribution in [2.45, 2.75) is 22.8 Å². The van der Waals surface area contributed by atoms with Crippen molar-refractivity contribution in [1.29, 1.82) is 0 Å². The smallest absolute Gasteiger partial charge is 0.203 e. The Morgan fingerprint density at radius 3 is 1.92 bits per heavy atom. The first-order valence-electron chi connectivity index (χ1n) is 7.99. The van der Waals surface area contributed by atoms with Gasteiger partial charge in [0.2, 0.25) is 5.75 Å². The van der Waals surface area contributed by atoms with E-state index in [0.717, 1.165) is 11.1 Å². The van der Waals surface area contributed by atoms with Gasteiger partial charge in [-0.05, 0) is 49.4 Å². The molecular weight excluding hydrogens is 372 g/mol. The van der Waals surface area contributed by atoms with Crippen molar-refractivity contribution in [2.75, 3.05) is 27.6 Å². The molecule has 2 aromatic rings. The summed E-state index contributed by atoms with van der Waals surface area (Å²) in [6, 6.07) is 10.5. The topological polar surface area (TPSA) is 61.8 Å². The van der Waals surface area contributed by atoms with Gasteiger partial charge in [0.15, 0.2) is 21.3 Å². The SMILES string of the molecule is COc1cc(CC(SC)S(=O)(=O)c2ccc(C)cc2)cc(OC)c1OC. The van der Waals surface area contributed by atoms with E-state index in [0.29, 0.717) is 28.6 Å². The summed E-state index contributed by atoms with van der Waals surface area (Å²) in [6.07, 6.45) is 2.13. The molecule has 0 bridgehead atoms. The Bertz CT molecular complexity index is 820. The van der Waals surface area contributed by atoms with Crippen LogP contribution in [0.3, 0.4) is 0 Å². The maximum Gasteiger partial charge on any atom is 0.203 e.